The number of Topliss-reactive ketones (excluding diaryl/α,β-unsaturated/α-hetero) is 1. The topological polar surface area (TPSA) is 26.3 Å². The lowest BCUT2D eigenvalue weighted by Crippen LogP contribution is -2.16. The Labute approximate surface area is 107 Å². The molecule has 0 bridgehead atoms. The first kappa shape index (κ1) is 12.5. The van der Waals surface area contributed by atoms with Crippen LogP contribution < -0.4 is 4.74 Å². The van der Waals surface area contributed by atoms with Gasteiger partial charge in [-0.05, 0) is 25.2 Å². The predicted octanol–water partition coefficient (Wildman–Crippen LogP) is 2.87. The lowest BCUT2D eigenvalue weighted by molar-refractivity contribution is -0.121. The van der Waals surface area contributed by atoms with Crippen molar-refractivity contribution in [2.75, 3.05) is 18.6 Å². The Morgan fingerprint density at radius 2 is 2.35 bits per heavy atom. The van der Waals surface area contributed by atoms with Crippen LogP contribution in [0.1, 0.15) is 17.5 Å². The van der Waals surface area contributed by atoms with Crippen LogP contribution in [0.25, 0.3) is 0 Å². The molecule has 2 nitrogen and oxygen atoms in total. The number of carbonyl (C=O) groups excluding carboxylic acids is 1. The second kappa shape index (κ2) is 5.58. The molecule has 1 saturated heterocycles. The number of benzene rings is 1. The van der Waals surface area contributed by atoms with Gasteiger partial charge in [0.2, 0.25) is 0 Å². The van der Waals surface area contributed by atoms with Crippen molar-refractivity contribution in [3.8, 4) is 5.75 Å². The molecular formula is C14H18O2S. The molecule has 0 aliphatic carbocycles. The summed E-state index contributed by atoms with van der Waals surface area (Å²) in [5.41, 5.74) is 2.20. The van der Waals surface area contributed by atoms with Gasteiger partial charge in [0.15, 0.2) is 0 Å². The maximum atomic E-state index is 12.1. The first-order valence-electron chi connectivity index (χ1n) is 5.94. The Kier molecular flexibility index (Phi) is 4.11. The van der Waals surface area contributed by atoms with Crippen molar-refractivity contribution in [1.29, 1.82) is 0 Å². The Morgan fingerprint density at radius 1 is 1.53 bits per heavy atom. The zero-order chi connectivity index (χ0) is 12.3. The summed E-state index contributed by atoms with van der Waals surface area (Å²) in [6.07, 6.45) is 1.55. The summed E-state index contributed by atoms with van der Waals surface area (Å²) in [5.74, 6) is 3.56. The third kappa shape index (κ3) is 3.03. The van der Waals surface area contributed by atoms with Crippen molar-refractivity contribution in [3.63, 3.8) is 0 Å². The predicted molar refractivity (Wildman–Crippen MR) is 71.9 cm³/mol. The fourth-order valence-electron chi connectivity index (χ4n) is 2.17. The van der Waals surface area contributed by atoms with E-state index in [1.165, 1.54) is 5.56 Å². The SMILES string of the molecule is COc1ccc(C)cc1CC(=O)C1CCSC1. The van der Waals surface area contributed by atoms with E-state index in [0.717, 1.165) is 29.2 Å². The lowest BCUT2D eigenvalue weighted by atomic mass is 9.96. The Bertz CT molecular complexity index is 409. The van der Waals surface area contributed by atoms with Crippen LogP contribution in [-0.4, -0.2) is 24.4 Å². The Hall–Kier alpha value is -0.960. The highest BCUT2D eigenvalue weighted by atomic mass is 32.2. The summed E-state index contributed by atoms with van der Waals surface area (Å²) < 4.78 is 5.31. The molecule has 1 aromatic carbocycles. The molecule has 1 fully saturated rings. The highest BCUT2D eigenvalue weighted by Crippen LogP contribution is 2.27. The molecule has 3 heteroatoms. The van der Waals surface area contributed by atoms with Crippen molar-refractivity contribution in [2.24, 2.45) is 5.92 Å². The van der Waals surface area contributed by atoms with Gasteiger partial charge in [0.25, 0.3) is 0 Å². The molecule has 92 valence electrons. The summed E-state index contributed by atoms with van der Waals surface area (Å²) in [5, 5.41) is 0. The lowest BCUT2D eigenvalue weighted by Gasteiger charge is -2.11. The molecule has 0 amide bonds. The molecule has 0 saturated carbocycles. The number of ketones is 1. The van der Waals surface area contributed by atoms with Crippen molar-refractivity contribution in [2.45, 2.75) is 19.8 Å². The average molecular weight is 250 g/mol. The number of ether oxygens (including phenoxy) is 1. The molecule has 2 rings (SSSR count). The van der Waals surface area contributed by atoms with E-state index in [2.05, 4.69) is 6.07 Å². The second-order valence-corrected chi connectivity index (χ2v) is 5.67. The zero-order valence-electron chi connectivity index (χ0n) is 10.4. The summed E-state index contributed by atoms with van der Waals surface area (Å²) >= 11 is 1.88. The van der Waals surface area contributed by atoms with E-state index < -0.39 is 0 Å². The standard InChI is InChI=1S/C14H18O2S/c1-10-3-4-14(16-2)12(7-10)8-13(15)11-5-6-17-9-11/h3-4,7,11H,5-6,8-9H2,1-2H3. The van der Waals surface area contributed by atoms with Gasteiger partial charge in [0.1, 0.15) is 11.5 Å². The van der Waals surface area contributed by atoms with Crippen molar-refractivity contribution in [3.05, 3.63) is 29.3 Å². The first-order valence-corrected chi connectivity index (χ1v) is 7.10. The number of thioether (sulfide) groups is 1. The third-order valence-corrected chi connectivity index (χ3v) is 4.35. The fourth-order valence-corrected chi connectivity index (χ4v) is 3.42. The number of hydrogen-bond donors (Lipinski definition) is 0. The van der Waals surface area contributed by atoms with Crippen LogP contribution in [-0.2, 0) is 11.2 Å². The van der Waals surface area contributed by atoms with E-state index >= 15 is 0 Å². The summed E-state index contributed by atoms with van der Waals surface area (Å²) in [6.45, 7) is 2.04. The van der Waals surface area contributed by atoms with Gasteiger partial charge in [0, 0.05) is 23.7 Å². The maximum Gasteiger partial charge on any atom is 0.141 e. The van der Waals surface area contributed by atoms with Gasteiger partial charge in [-0.2, -0.15) is 11.8 Å². The van der Waals surface area contributed by atoms with E-state index in [-0.39, 0.29) is 5.92 Å². The monoisotopic (exact) mass is 250 g/mol. The van der Waals surface area contributed by atoms with Crippen molar-refractivity contribution >= 4 is 17.5 Å². The number of aryl methyl sites for hydroxylation is 1. The van der Waals surface area contributed by atoms with Crippen LogP contribution in [0.3, 0.4) is 0 Å². The molecule has 0 radical (unpaired) electrons. The summed E-state index contributed by atoms with van der Waals surface area (Å²) in [4.78, 5) is 12.1. The molecular weight excluding hydrogens is 232 g/mol. The molecule has 17 heavy (non-hydrogen) atoms. The average Bonchev–Trinajstić information content (AvgIpc) is 2.83. The highest BCUT2D eigenvalue weighted by molar-refractivity contribution is 7.99. The van der Waals surface area contributed by atoms with Gasteiger partial charge >= 0.3 is 0 Å². The minimum absolute atomic E-state index is 0.255. The van der Waals surface area contributed by atoms with Gasteiger partial charge in [-0.1, -0.05) is 17.7 Å². The molecule has 0 spiro atoms. The van der Waals surface area contributed by atoms with Crippen molar-refractivity contribution < 1.29 is 9.53 Å². The van der Waals surface area contributed by atoms with Gasteiger partial charge < -0.3 is 4.74 Å². The molecule has 1 unspecified atom stereocenters. The third-order valence-electron chi connectivity index (χ3n) is 3.19. The Morgan fingerprint density at radius 3 is 3.00 bits per heavy atom. The van der Waals surface area contributed by atoms with Crippen LogP contribution >= 0.6 is 11.8 Å². The van der Waals surface area contributed by atoms with Gasteiger partial charge in [-0.15, -0.1) is 0 Å². The number of hydrogen-bond acceptors (Lipinski definition) is 3. The van der Waals surface area contributed by atoms with Crippen LogP contribution in [0.2, 0.25) is 0 Å². The van der Waals surface area contributed by atoms with E-state index in [1.807, 2.05) is 30.8 Å². The van der Waals surface area contributed by atoms with Crippen LogP contribution in [0, 0.1) is 12.8 Å². The van der Waals surface area contributed by atoms with Crippen LogP contribution in [0.15, 0.2) is 18.2 Å². The molecule has 1 aliphatic rings. The van der Waals surface area contributed by atoms with Crippen molar-refractivity contribution in [1.82, 2.24) is 0 Å². The van der Waals surface area contributed by atoms with E-state index in [9.17, 15) is 4.79 Å². The van der Waals surface area contributed by atoms with Gasteiger partial charge in [0.05, 0.1) is 7.11 Å². The summed E-state index contributed by atoms with van der Waals surface area (Å²) in [6, 6.07) is 6.01. The molecule has 0 aromatic heterocycles. The van der Waals surface area contributed by atoms with Gasteiger partial charge in [-0.25, -0.2) is 0 Å². The molecule has 1 aliphatic heterocycles. The Balaban J connectivity index is 2.11. The quantitative estimate of drug-likeness (QED) is 0.822. The largest absolute Gasteiger partial charge is 0.496 e. The van der Waals surface area contributed by atoms with E-state index in [0.29, 0.717) is 12.2 Å². The number of rotatable bonds is 4. The first-order chi connectivity index (χ1) is 8.20. The van der Waals surface area contributed by atoms with Gasteiger partial charge in [-0.3, -0.25) is 4.79 Å². The molecule has 1 aromatic rings. The summed E-state index contributed by atoms with van der Waals surface area (Å²) in [7, 11) is 1.66. The maximum absolute atomic E-state index is 12.1. The zero-order valence-corrected chi connectivity index (χ0v) is 11.2. The minimum atomic E-state index is 0.255. The van der Waals surface area contributed by atoms with Crippen LogP contribution in [0.5, 0.6) is 5.75 Å². The highest BCUT2D eigenvalue weighted by Gasteiger charge is 2.23. The molecule has 1 heterocycles. The van der Waals surface area contributed by atoms with E-state index in [1.54, 1.807) is 7.11 Å². The van der Waals surface area contributed by atoms with Crippen LogP contribution in [0.4, 0.5) is 0 Å². The smallest absolute Gasteiger partial charge is 0.141 e. The molecule has 0 N–H and O–H groups in total. The molecule has 1 atom stereocenters. The van der Waals surface area contributed by atoms with E-state index in [4.69, 9.17) is 4.74 Å². The second-order valence-electron chi connectivity index (χ2n) is 4.52. The number of carbonyl (C=O) groups is 1. The normalized spacial score (nSPS) is 19.3. The fraction of sp³-hybridized carbons (Fsp3) is 0.500. The minimum Gasteiger partial charge on any atom is -0.496 e. The number of methoxy groups -OCH3 is 1.